The van der Waals surface area contributed by atoms with E-state index in [1.165, 1.54) is 25.0 Å². The van der Waals surface area contributed by atoms with E-state index in [-0.39, 0.29) is 0 Å². The molecule has 21 heavy (non-hydrogen) atoms. The van der Waals surface area contributed by atoms with E-state index >= 15 is 0 Å². The first kappa shape index (κ1) is 16.8. The van der Waals surface area contributed by atoms with Gasteiger partial charge in [0.15, 0.2) is 0 Å². The highest BCUT2D eigenvalue weighted by Gasteiger charge is 2.38. The average molecular weight is 312 g/mol. The zero-order valence-corrected chi connectivity index (χ0v) is 14.9. The Morgan fingerprint density at radius 1 is 1.38 bits per heavy atom. The van der Waals surface area contributed by atoms with Crippen molar-refractivity contribution in [3.63, 3.8) is 0 Å². The summed E-state index contributed by atoms with van der Waals surface area (Å²) in [6, 6.07) is 0. The van der Waals surface area contributed by atoms with Crippen LogP contribution in [0.5, 0.6) is 0 Å². The molecule has 3 unspecified atom stereocenters. The van der Waals surface area contributed by atoms with Gasteiger partial charge < -0.3 is 5.32 Å². The highest BCUT2D eigenvalue weighted by molar-refractivity contribution is 6.31. The van der Waals surface area contributed by atoms with Crippen molar-refractivity contribution in [2.24, 2.45) is 17.3 Å². The summed E-state index contributed by atoms with van der Waals surface area (Å²) in [6.07, 6.45) is 5.64. The van der Waals surface area contributed by atoms with Gasteiger partial charge >= 0.3 is 0 Å². The quantitative estimate of drug-likeness (QED) is 0.897. The maximum atomic E-state index is 6.48. The van der Waals surface area contributed by atoms with Gasteiger partial charge in [0, 0.05) is 12.5 Å². The van der Waals surface area contributed by atoms with Gasteiger partial charge in [-0.05, 0) is 57.0 Å². The highest BCUT2D eigenvalue weighted by atomic mass is 35.5. The maximum absolute atomic E-state index is 6.48. The molecule has 1 N–H and O–H groups in total. The largest absolute Gasteiger partial charge is 0.319 e. The SMILES string of the molecule is CCn1ncc(Cl)c1C1CC(C(C)(C)C)CCC1CNC. The van der Waals surface area contributed by atoms with Crippen LogP contribution in [0.15, 0.2) is 6.20 Å². The summed E-state index contributed by atoms with van der Waals surface area (Å²) in [7, 11) is 2.05. The average Bonchev–Trinajstić information content (AvgIpc) is 2.79. The third-order valence-electron chi connectivity index (χ3n) is 5.17. The van der Waals surface area contributed by atoms with Gasteiger partial charge in [-0.15, -0.1) is 0 Å². The van der Waals surface area contributed by atoms with Crippen molar-refractivity contribution in [2.45, 2.75) is 59.4 Å². The van der Waals surface area contributed by atoms with Gasteiger partial charge in [0.05, 0.1) is 16.9 Å². The lowest BCUT2D eigenvalue weighted by molar-refractivity contribution is 0.127. The molecule has 3 atom stereocenters. The van der Waals surface area contributed by atoms with Gasteiger partial charge in [-0.1, -0.05) is 32.4 Å². The number of aryl methyl sites for hydroxylation is 1. The Hall–Kier alpha value is -0.540. The van der Waals surface area contributed by atoms with E-state index in [2.05, 4.69) is 42.8 Å². The van der Waals surface area contributed by atoms with Crippen LogP contribution in [0.1, 0.15) is 58.6 Å². The fourth-order valence-electron chi connectivity index (χ4n) is 3.85. The number of nitrogens with one attached hydrogen (secondary N) is 1. The molecule has 1 heterocycles. The molecule has 0 radical (unpaired) electrons. The summed E-state index contributed by atoms with van der Waals surface area (Å²) in [5.41, 5.74) is 1.63. The van der Waals surface area contributed by atoms with Gasteiger partial charge in [0.2, 0.25) is 0 Å². The van der Waals surface area contributed by atoms with Crippen molar-refractivity contribution in [3.05, 3.63) is 16.9 Å². The molecule has 1 saturated carbocycles. The third kappa shape index (κ3) is 3.62. The van der Waals surface area contributed by atoms with Crippen LogP contribution >= 0.6 is 11.6 Å². The van der Waals surface area contributed by atoms with Crippen LogP contribution in [0.25, 0.3) is 0 Å². The molecule has 3 nitrogen and oxygen atoms in total. The normalized spacial score (nSPS) is 27.0. The summed E-state index contributed by atoms with van der Waals surface area (Å²) in [6.45, 7) is 11.2. The van der Waals surface area contributed by atoms with E-state index in [0.29, 0.717) is 17.3 Å². The van der Waals surface area contributed by atoms with E-state index in [9.17, 15) is 0 Å². The number of hydrogen-bond acceptors (Lipinski definition) is 2. The van der Waals surface area contributed by atoms with Gasteiger partial charge in [-0.3, -0.25) is 4.68 Å². The molecule has 0 spiro atoms. The van der Waals surface area contributed by atoms with E-state index in [0.717, 1.165) is 24.0 Å². The molecule has 1 aliphatic rings. The molecule has 2 rings (SSSR count). The van der Waals surface area contributed by atoms with Crippen molar-refractivity contribution in [3.8, 4) is 0 Å². The minimum Gasteiger partial charge on any atom is -0.319 e. The van der Waals surface area contributed by atoms with E-state index in [1.54, 1.807) is 0 Å². The van der Waals surface area contributed by atoms with Crippen LogP contribution in [-0.4, -0.2) is 23.4 Å². The van der Waals surface area contributed by atoms with E-state index in [4.69, 9.17) is 11.6 Å². The Labute approximate surface area is 134 Å². The minimum atomic E-state index is 0.367. The predicted molar refractivity (Wildman–Crippen MR) is 89.9 cm³/mol. The monoisotopic (exact) mass is 311 g/mol. The van der Waals surface area contributed by atoms with E-state index in [1.807, 2.05) is 13.2 Å². The number of halogens is 1. The van der Waals surface area contributed by atoms with Gasteiger partial charge in [-0.2, -0.15) is 5.10 Å². The second-order valence-electron chi connectivity index (χ2n) is 7.49. The Kier molecular flexibility index (Phi) is 5.37. The summed E-state index contributed by atoms with van der Waals surface area (Å²) in [5, 5.41) is 8.67. The zero-order chi connectivity index (χ0) is 15.6. The van der Waals surface area contributed by atoms with Crippen molar-refractivity contribution in [1.29, 1.82) is 0 Å². The fraction of sp³-hybridized carbons (Fsp3) is 0.824. The smallest absolute Gasteiger partial charge is 0.0820 e. The Balaban J connectivity index is 2.31. The Morgan fingerprint density at radius 3 is 2.67 bits per heavy atom. The number of nitrogens with zero attached hydrogens (tertiary/aromatic N) is 2. The van der Waals surface area contributed by atoms with Gasteiger partial charge in [0.25, 0.3) is 0 Å². The molecule has 0 bridgehead atoms. The highest BCUT2D eigenvalue weighted by Crippen LogP contribution is 2.47. The molecular weight excluding hydrogens is 282 g/mol. The second-order valence-corrected chi connectivity index (χ2v) is 7.90. The maximum Gasteiger partial charge on any atom is 0.0820 e. The molecule has 1 aromatic heterocycles. The number of rotatable bonds is 4. The molecule has 1 aliphatic carbocycles. The Morgan fingerprint density at radius 2 is 2.10 bits per heavy atom. The standard InChI is InChI=1S/C17H30ClN3/c1-6-21-16(15(18)11-20-21)14-9-13(17(2,3)4)8-7-12(14)10-19-5/h11-14,19H,6-10H2,1-5H3. The first-order chi connectivity index (χ1) is 9.88. The van der Waals surface area contributed by atoms with E-state index < -0.39 is 0 Å². The zero-order valence-electron chi connectivity index (χ0n) is 14.1. The van der Waals surface area contributed by atoms with Crippen molar-refractivity contribution < 1.29 is 0 Å². The Bertz CT molecular complexity index is 461. The molecule has 1 fully saturated rings. The summed E-state index contributed by atoms with van der Waals surface area (Å²) >= 11 is 6.48. The van der Waals surface area contributed by atoms with Crippen LogP contribution in [0, 0.1) is 17.3 Å². The molecule has 0 aromatic carbocycles. The fourth-order valence-corrected chi connectivity index (χ4v) is 4.14. The number of aromatic nitrogens is 2. The lowest BCUT2D eigenvalue weighted by atomic mass is 9.64. The predicted octanol–water partition coefficient (Wildman–Crippen LogP) is 4.32. The summed E-state index contributed by atoms with van der Waals surface area (Å²) in [4.78, 5) is 0. The van der Waals surface area contributed by atoms with Crippen molar-refractivity contribution >= 4 is 11.6 Å². The molecule has 0 saturated heterocycles. The van der Waals surface area contributed by atoms with Crippen LogP contribution in [0.2, 0.25) is 5.02 Å². The molecule has 1 aromatic rings. The summed E-state index contributed by atoms with van der Waals surface area (Å²) < 4.78 is 2.10. The lowest BCUT2D eigenvalue weighted by Gasteiger charge is -2.42. The van der Waals surface area contributed by atoms with Crippen LogP contribution < -0.4 is 5.32 Å². The topological polar surface area (TPSA) is 29.9 Å². The first-order valence-corrected chi connectivity index (χ1v) is 8.62. The van der Waals surface area contributed by atoms with Gasteiger partial charge in [0.1, 0.15) is 0 Å². The molecule has 0 amide bonds. The van der Waals surface area contributed by atoms with Crippen LogP contribution in [-0.2, 0) is 6.54 Å². The van der Waals surface area contributed by atoms with Crippen LogP contribution in [0.4, 0.5) is 0 Å². The first-order valence-electron chi connectivity index (χ1n) is 8.24. The minimum absolute atomic E-state index is 0.367. The summed E-state index contributed by atoms with van der Waals surface area (Å²) in [5.74, 6) is 1.94. The number of hydrogen-bond donors (Lipinski definition) is 1. The van der Waals surface area contributed by atoms with Crippen LogP contribution in [0.3, 0.4) is 0 Å². The molecule has 4 heteroatoms. The van der Waals surface area contributed by atoms with Crippen molar-refractivity contribution in [1.82, 2.24) is 15.1 Å². The van der Waals surface area contributed by atoms with Gasteiger partial charge in [-0.25, -0.2) is 0 Å². The second kappa shape index (κ2) is 6.70. The van der Waals surface area contributed by atoms with Crippen molar-refractivity contribution in [2.75, 3.05) is 13.6 Å². The lowest BCUT2D eigenvalue weighted by Crippen LogP contribution is -2.35. The molecule has 0 aliphatic heterocycles. The molecular formula is C17H30ClN3. The molecule has 120 valence electrons. The third-order valence-corrected chi connectivity index (χ3v) is 5.46.